The molecule has 5 aromatic rings. The Kier molecular flexibility index (Phi) is 3.44. The van der Waals surface area contributed by atoms with Crippen LogP contribution < -0.4 is 0 Å². The fourth-order valence-electron chi connectivity index (χ4n) is 3.81. The summed E-state index contributed by atoms with van der Waals surface area (Å²) in [6, 6.07) is 27.4. The summed E-state index contributed by atoms with van der Waals surface area (Å²) >= 11 is 6.22. The zero-order valence-corrected chi connectivity index (χ0v) is 15.1. The van der Waals surface area contributed by atoms with Crippen molar-refractivity contribution >= 4 is 43.9 Å². The number of hydrogen-bond acceptors (Lipinski definition) is 1. The first kappa shape index (κ1) is 15.4. The number of halogens is 1. The molecular formula is C24H16ClN. The highest BCUT2D eigenvalue weighted by molar-refractivity contribution is 6.31. The summed E-state index contributed by atoms with van der Waals surface area (Å²) in [5.74, 6) is 0. The maximum absolute atomic E-state index is 6.22. The van der Waals surface area contributed by atoms with E-state index in [-0.39, 0.29) is 0 Å². The molecule has 0 saturated carbocycles. The van der Waals surface area contributed by atoms with E-state index in [1.807, 2.05) is 18.2 Å². The van der Waals surface area contributed by atoms with E-state index >= 15 is 0 Å². The van der Waals surface area contributed by atoms with E-state index in [1.165, 1.54) is 21.5 Å². The Morgan fingerprint density at radius 1 is 0.654 bits per heavy atom. The van der Waals surface area contributed by atoms with Gasteiger partial charge in [-0.2, -0.15) is 0 Å². The van der Waals surface area contributed by atoms with E-state index in [0.29, 0.717) is 0 Å². The largest absolute Gasteiger partial charge is 0.252 e. The molecule has 124 valence electrons. The van der Waals surface area contributed by atoms with Crippen LogP contribution in [0.2, 0.25) is 5.02 Å². The van der Waals surface area contributed by atoms with Crippen molar-refractivity contribution in [1.82, 2.24) is 4.98 Å². The number of aromatic nitrogens is 1. The van der Waals surface area contributed by atoms with Gasteiger partial charge >= 0.3 is 0 Å². The zero-order valence-electron chi connectivity index (χ0n) is 14.3. The molecule has 0 bridgehead atoms. The van der Waals surface area contributed by atoms with Crippen LogP contribution in [0, 0.1) is 6.92 Å². The molecule has 0 amide bonds. The SMILES string of the molecule is Cc1nc(-c2cc3ccccc3c3ccccc23)cc2cc(Cl)ccc12. The van der Waals surface area contributed by atoms with Crippen molar-refractivity contribution in [3.8, 4) is 11.3 Å². The second kappa shape index (κ2) is 5.82. The van der Waals surface area contributed by atoms with Crippen molar-refractivity contribution in [2.75, 3.05) is 0 Å². The molecule has 0 aliphatic rings. The van der Waals surface area contributed by atoms with Crippen LogP contribution in [0.1, 0.15) is 5.69 Å². The number of pyridine rings is 1. The number of hydrogen-bond donors (Lipinski definition) is 0. The number of aryl methyl sites for hydroxylation is 1. The van der Waals surface area contributed by atoms with Gasteiger partial charge in [-0.25, -0.2) is 0 Å². The minimum absolute atomic E-state index is 0.748. The molecule has 0 unspecified atom stereocenters. The molecule has 5 rings (SSSR count). The molecule has 0 radical (unpaired) electrons. The number of fused-ring (bicyclic) bond motifs is 4. The van der Waals surface area contributed by atoms with E-state index in [1.54, 1.807) is 0 Å². The van der Waals surface area contributed by atoms with Crippen molar-refractivity contribution in [1.29, 1.82) is 0 Å². The van der Waals surface area contributed by atoms with Gasteiger partial charge in [0.05, 0.1) is 5.69 Å². The number of rotatable bonds is 1. The van der Waals surface area contributed by atoms with Gasteiger partial charge in [0.2, 0.25) is 0 Å². The highest BCUT2D eigenvalue weighted by atomic mass is 35.5. The van der Waals surface area contributed by atoms with Gasteiger partial charge in [0, 0.05) is 21.7 Å². The average Bonchev–Trinajstić information content (AvgIpc) is 2.67. The summed E-state index contributed by atoms with van der Waals surface area (Å²) < 4.78 is 0. The Balaban J connectivity index is 1.90. The third-order valence-corrected chi connectivity index (χ3v) is 5.26. The van der Waals surface area contributed by atoms with E-state index in [4.69, 9.17) is 16.6 Å². The van der Waals surface area contributed by atoms with Gasteiger partial charge in [-0.15, -0.1) is 0 Å². The standard InChI is InChI=1S/C24H16ClN/c1-15-19-11-10-18(25)12-17(19)14-24(26-15)23-13-16-6-2-3-7-20(16)21-8-4-5-9-22(21)23/h2-14H,1H3. The smallest absolute Gasteiger partial charge is 0.0718 e. The molecule has 26 heavy (non-hydrogen) atoms. The third kappa shape index (κ3) is 2.36. The first-order valence-corrected chi connectivity index (χ1v) is 9.06. The molecular weight excluding hydrogens is 338 g/mol. The van der Waals surface area contributed by atoms with Gasteiger partial charge in [-0.3, -0.25) is 4.98 Å². The molecule has 4 aromatic carbocycles. The molecule has 0 atom stereocenters. The van der Waals surface area contributed by atoms with Crippen molar-refractivity contribution in [2.45, 2.75) is 6.92 Å². The minimum atomic E-state index is 0.748. The molecule has 1 nitrogen and oxygen atoms in total. The second-order valence-electron chi connectivity index (χ2n) is 6.65. The number of nitrogens with zero attached hydrogens (tertiary/aromatic N) is 1. The van der Waals surface area contributed by atoms with Crippen LogP contribution in [0.25, 0.3) is 43.6 Å². The van der Waals surface area contributed by atoms with Gasteiger partial charge in [0.25, 0.3) is 0 Å². The van der Waals surface area contributed by atoms with Crippen LogP contribution >= 0.6 is 11.6 Å². The second-order valence-corrected chi connectivity index (χ2v) is 7.09. The van der Waals surface area contributed by atoms with Gasteiger partial charge in [0.1, 0.15) is 0 Å². The first-order chi connectivity index (χ1) is 12.7. The lowest BCUT2D eigenvalue weighted by atomic mass is 9.94. The fraction of sp³-hybridized carbons (Fsp3) is 0.0417. The van der Waals surface area contributed by atoms with Crippen molar-refractivity contribution < 1.29 is 0 Å². The predicted molar refractivity (Wildman–Crippen MR) is 112 cm³/mol. The van der Waals surface area contributed by atoms with Crippen LogP contribution in [0.15, 0.2) is 78.9 Å². The zero-order chi connectivity index (χ0) is 17.7. The first-order valence-electron chi connectivity index (χ1n) is 8.68. The summed E-state index contributed by atoms with van der Waals surface area (Å²) in [5, 5.41) is 7.99. The summed E-state index contributed by atoms with van der Waals surface area (Å²) in [6.07, 6.45) is 0. The van der Waals surface area contributed by atoms with E-state index in [9.17, 15) is 0 Å². The molecule has 0 spiro atoms. The Morgan fingerprint density at radius 3 is 2.23 bits per heavy atom. The molecule has 0 aliphatic carbocycles. The van der Waals surface area contributed by atoms with Crippen LogP contribution in [0.3, 0.4) is 0 Å². The quantitative estimate of drug-likeness (QED) is 0.291. The van der Waals surface area contributed by atoms with E-state index in [0.717, 1.165) is 32.7 Å². The lowest BCUT2D eigenvalue weighted by Crippen LogP contribution is -1.91. The monoisotopic (exact) mass is 353 g/mol. The Bertz CT molecular complexity index is 1300. The maximum atomic E-state index is 6.22. The topological polar surface area (TPSA) is 12.9 Å². The molecule has 0 saturated heterocycles. The molecule has 1 aromatic heterocycles. The molecule has 0 aliphatic heterocycles. The number of benzene rings is 4. The van der Waals surface area contributed by atoms with Crippen LogP contribution in [-0.4, -0.2) is 4.98 Å². The maximum Gasteiger partial charge on any atom is 0.0718 e. The summed E-state index contributed by atoms with van der Waals surface area (Å²) in [5.41, 5.74) is 3.16. The Morgan fingerprint density at radius 2 is 1.38 bits per heavy atom. The third-order valence-electron chi connectivity index (χ3n) is 5.03. The highest BCUT2D eigenvalue weighted by Gasteiger charge is 2.11. The van der Waals surface area contributed by atoms with Crippen LogP contribution in [0.5, 0.6) is 0 Å². The van der Waals surface area contributed by atoms with Gasteiger partial charge in [-0.1, -0.05) is 66.2 Å². The normalized spacial score (nSPS) is 11.5. The van der Waals surface area contributed by atoms with Crippen LogP contribution in [0.4, 0.5) is 0 Å². The predicted octanol–water partition coefficient (Wildman–Crippen LogP) is 7.17. The average molecular weight is 354 g/mol. The van der Waals surface area contributed by atoms with Crippen molar-refractivity contribution in [3.05, 3.63) is 89.6 Å². The van der Waals surface area contributed by atoms with Crippen molar-refractivity contribution in [3.63, 3.8) is 0 Å². The molecule has 1 heterocycles. The summed E-state index contributed by atoms with van der Waals surface area (Å²) in [7, 11) is 0. The van der Waals surface area contributed by atoms with E-state index < -0.39 is 0 Å². The Hall–Kier alpha value is -2.90. The lowest BCUT2D eigenvalue weighted by Gasteiger charge is -2.12. The fourth-order valence-corrected chi connectivity index (χ4v) is 3.99. The molecule has 0 N–H and O–H groups in total. The summed E-state index contributed by atoms with van der Waals surface area (Å²) in [6.45, 7) is 2.06. The molecule has 2 heteroatoms. The molecule has 0 fully saturated rings. The lowest BCUT2D eigenvalue weighted by molar-refractivity contribution is 1.24. The Labute approximate surface area is 156 Å². The van der Waals surface area contributed by atoms with Crippen molar-refractivity contribution in [2.24, 2.45) is 0 Å². The van der Waals surface area contributed by atoms with E-state index in [2.05, 4.69) is 67.6 Å². The van der Waals surface area contributed by atoms with Gasteiger partial charge < -0.3 is 0 Å². The summed E-state index contributed by atoms with van der Waals surface area (Å²) in [4.78, 5) is 4.92. The minimum Gasteiger partial charge on any atom is -0.252 e. The van der Waals surface area contributed by atoms with Crippen LogP contribution in [-0.2, 0) is 0 Å². The highest BCUT2D eigenvalue weighted by Crippen LogP contribution is 2.35. The van der Waals surface area contributed by atoms with Gasteiger partial charge in [-0.05, 0) is 58.1 Å². The van der Waals surface area contributed by atoms with Gasteiger partial charge in [0.15, 0.2) is 0 Å².